The molecule has 168 valence electrons. The number of aromatic amines is 1. The molecule has 1 saturated heterocycles. The predicted octanol–water partition coefficient (Wildman–Crippen LogP) is 5.03. The minimum Gasteiger partial charge on any atom is -0.352 e. The zero-order chi connectivity index (χ0) is 22.9. The van der Waals surface area contributed by atoms with E-state index in [-0.39, 0.29) is 28.9 Å². The number of hydrogen-bond acceptors (Lipinski definition) is 5. The summed E-state index contributed by atoms with van der Waals surface area (Å²) in [4.78, 5) is 33.4. The molecule has 1 fully saturated rings. The van der Waals surface area contributed by atoms with Gasteiger partial charge in [0.2, 0.25) is 5.82 Å². The molecule has 1 amide bonds. The quantitative estimate of drug-likeness (QED) is 0.442. The normalized spacial score (nSPS) is 14.5. The van der Waals surface area contributed by atoms with Crippen molar-refractivity contribution in [1.82, 2.24) is 14.9 Å². The van der Waals surface area contributed by atoms with Crippen LogP contribution in [0.15, 0.2) is 59.0 Å². The summed E-state index contributed by atoms with van der Waals surface area (Å²) in [6, 6.07) is 11.8. The number of benzene rings is 2. The lowest BCUT2D eigenvalue weighted by molar-refractivity contribution is 0.0713. The smallest absolute Gasteiger partial charge is 0.286 e. The van der Waals surface area contributed by atoms with Crippen molar-refractivity contribution in [2.24, 2.45) is 0 Å². The van der Waals surface area contributed by atoms with E-state index in [9.17, 15) is 18.4 Å². The minimum atomic E-state index is -1.04. The molecule has 1 aliphatic heterocycles. The lowest BCUT2D eigenvalue weighted by Crippen LogP contribution is -2.38. The van der Waals surface area contributed by atoms with Gasteiger partial charge in [0.1, 0.15) is 5.82 Å². The number of aromatic nitrogens is 2. The first-order chi connectivity index (χ1) is 16.0. The molecular weight excluding hydrogens is 446 g/mol. The Morgan fingerprint density at radius 3 is 2.64 bits per heavy atom. The Balaban J connectivity index is 1.37. The second-order valence-corrected chi connectivity index (χ2v) is 8.88. The van der Waals surface area contributed by atoms with Gasteiger partial charge in [0, 0.05) is 25.0 Å². The SMILES string of the molecule is O=C(c1c[nH]c(=O)c(F)c1Nc1ccc2ncsc2c1)N1CCC(c2ccc(F)cc2)CC1. The van der Waals surface area contributed by atoms with Crippen LogP contribution in [0, 0.1) is 11.6 Å². The maximum absolute atomic E-state index is 14.8. The number of anilines is 2. The van der Waals surface area contributed by atoms with Crippen molar-refractivity contribution in [3.05, 3.63) is 87.3 Å². The summed E-state index contributed by atoms with van der Waals surface area (Å²) in [5.41, 5.74) is 3.15. The number of thiazole rings is 1. The molecule has 0 spiro atoms. The number of likely N-dealkylation sites (tertiary alicyclic amines) is 1. The number of carbonyl (C=O) groups excluding carboxylic acids is 1. The number of H-pyrrole nitrogens is 1. The summed E-state index contributed by atoms with van der Waals surface area (Å²) in [6.45, 7) is 0.960. The number of amides is 1. The fourth-order valence-corrected chi connectivity index (χ4v) is 4.91. The highest BCUT2D eigenvalue weighted by Crippen LogP contribution is 2.31. The van der Waals surface area contributed by atoms with Crippen LogP contribution in [-0.2, 0) is 0 Å². The summed E-state index contributed by atoms with van der Waals surface area (Å²) < 4.78 is 28.9. The average Bonchev–Trinajstić information content (AvgIpc) is 3.30. The third-order valence-corrected chi connectivity index (χ3v) is 6.78. The Labute approximate surface area is 191 Å². The molecule has 4 aromatic rings. The molecule has 0 atom stereocenters. The van der Waals surface area contributed by atoms with Crippen LogP contribution in [0.2, 0.25) is 0 Å². The molecular formula is C24H20F2N4O2S. The van der Waals surface area contributed by atoms with Gasteiger partial charge in [-0.15, -0.1) is 11.3 Å². The van der Waals surface area contributed by atoms with Crippen molar-refractivity contribution < 1.29 is 13.6 Å². The summed E-state index contributed by atoms with van der Waals surface area (Å²) in [5, 5.41) is 2.92. The Kier molecular flexibility index (Phi) is 5.63. The van der Waals surface area contributed by atoms with Gasteiger partial charge in [-0.3, -0.25) is 9.59 Å². The number of fused-ring (bicyclic) bond motifs is 1. The van der Waals surface area contributed by atoms with E-state index in [1.54, 1.807) is 40.7 Å². The molecule has 0 radical (unpaired) electrons. The van der Waals surface area contributed by atoms with Gasteiger partial charge in [-0.1, -0.05) is 12.1 Å². The average molecular weight is 467 g/mol. The summed E-state index contributed by atoms with van der Waals surface area (Å²) in [7, 11) is 0. The molecule has 6 nitrogen and oxygen atoms in total. The maximum atomic E-state index is 14.8. The fraction of sp³-hybridized carbons (Fsp3) is 0.208. The monoisotopic (exact) mass is 466 g/mol. The Bertz CT molecular complexity index is 1380. The molecule has 5 rings (SSSR count). The molecule has 2 N–H and O–H groups in total. The van der Waals surface area contributed by atoms with Gasteiger partial charge in [0.25, 0.3) is 11.5 Å². The highest BCUT2D eigenvalue weighted by Gasteiger charge is 2.28. The standard InChI is InChI=1S/C24H20F2N4O2S/c25-16-3-1-14(2-4-16)15-7-9-30(10-8-15)24(32)18-12-27-23(31)21(26)22(18)29-17-5-6-19-20(11-17)33-13-28-19/h1-6,11-13,15H,7-10H2,(H2,27,29,31). The van der Waals surface area contributed by atoms with Gasteiger partial charge in [-0.05, 0) is 54.7 Å². The lowest BCUT2D eigenvalue weighted by Gasteiger charge is -2.32. The first-order valence-corrected chi connectivity index (χ1v) is 11.4. The molecule has 0 unspecified atom stereocenters. The van der Waals surface area contributed by atoms with Crippen LogP contribution < -0.4 is 10.9 Å². The third kappa shape index (κ3) is 4.23. The van der Waals surface area contributed by atoms with Gasteiger partial charge >= 0.3 is 0 Å². The van der Waals surface area contributed by atoms with Gasteiger partial charge in [-0.25, -0.2) is 9.37 Å². The van der Waals surface area contributed by atoms with Crippen LogP contribution in [0.1, 0.15) is 34.7 Å². The number of rotatable bonds is 4. The van der Waals surface area contributed by atoms with E-state index < -0.39 is 11.4 Å². The summed E-state index contributed by atoms with van der Waals surface area (Å²) in [5.74, 6) is -1.44. The first-order valence-electron chi connectivity index (χ1n) is 10.6. The Morgan fingerprint density at radius 1 is 1.12 bits per heavy atom. The van der Waals surface area contributed by atoms with Crippen LogP contribution in [-0.4, -0.2) is 33.9 Å². The number of nitrogens with one attached hydrogen (secondary N) is 2. The fourth-order valence-electron chi connectivity index (χ4n) is 4.19. The van der Waals surface area contributed by atoms with Crippen LogP contribution >= 0.6 is 11.3 Å². The van der Waals surface area contributed by atoms with Gasteiger partial charge in [0.15, 0.2) is 0 Å². The van der Waals surface area contributed by atoms with Crippen LogP contribution in [0.5, 0.6) is 0 Å². The van der Waals surface area contributed by atoms with Crippen LogP contribution in [0.4, 0.5) is 20.2 Å². The van der Waals surface area contributed by atoms with E-state index in [2.05, 4.69) is 15.3 Å². The first kappa shape index (κ1) is 21.3. The van der Waals surface area contributed by atoms with Crippen molar-refractivity contribution in [3.8, 4) is 0 Å². The Morgan fingerprint density at radius 2 is 1.88 bits per heavy atom. The largest absolute Gasteiger partial charge is 0.352 e. The van der Waals surface area contributed by atoms with Crippen molar-refractivity contribution in [1.29, 1.82) is 0 Å². The molecule has 33 heavy (non-hydrogen) atoms. The van der Waals surface area contributed by atoms with E-state index in [0.29, 0.717) is 31.6 Å². The topological polar surface area (TPSA) is 78.1 Å². The summed E-state index contributed by atoms with van der Waals surface area (Å²) >= 11 is 1.44. The van der Waals surface area contributed by atoms with Crippen molar-refractivity contribution >= 4 is 38.8 Å². The van der Waals surface area contributed by atoms with Gasteiger partial charge < -0.3 is 15.2 Å². The van der Waals surface area contributed by atoms with E-state index >= 15 is 0 Å². The number of carbonyl (C=O) groups is 1. The number of halogens is 2. The molecule has 0 aliphatic carbocycles. The van der Waals surface area contributed by atoms with Crippen LogP contribution in [0.3, 0.4) is 0 Å². The number of hydrogen-bond donors (Lipinski definition) is 2. The number of pyridine rings is 1. The van der Waals surface area contributed by atoms with E-state index in [1.807, 2.05) is 0 Å². The zero-order valence-electron chi connectivity index (χ0n) is 17.5. The highest BCUT2D eigenvalue weighted by molar-refractivity contribution is 7.16. The number of piperidine rings is 1. The predicted molar refractivity (Wildman–Crippen MR) is 124 cm³/mol. The minimum absolute atomic E-state index is 0.0664. The van der Waals surface area contributed by atoms with Gasteiger partial charge in [0.05, 0.1) is 27.0 Å². The molecule has 9 heteroatoms. The maximum Gasteiger partial charge on any atom is 0.286 e. The number of nitrogens with zero attached hydrogens (tertiary/aromatic N) is 2. The second kappa shape index (κ2) is 8.74. The summed E-state index contributed by atoms with van der Waals surface area (Å²) in [6.07, 6.45) is 2.69. The zero-order valence-corrected chi connectivity index (χ0v) is 18.3. The van der Waals surface area contributed by atoms with Crippen molar-refractivity contribution in [2.45, 2.75) is 18.8 Å². The molecule has 0 bridgehead atoms. The third-order valence-electron chi connectivity index (χ3n) is 5.99. The van der Waals surface area contributed by atoms with E-state index in [0.717, 1.165) is 15.8 Å². The van der Waals surface area contributed by atoms with Gasteiger partial charge in [-0.2, -0.15) is 4.39 Å². The second-order valence-electron chi connectivity index (χ2n) is 8.00. The molecule has 1 aliphatic rings. The highest BCUT2D eigenvalue weighted by atomic mass is 32.1. The molecule has 2 aromatic carbocycles. The van der Waals surface area contributed by atoms with Crippen LogP contribution in [0.25, 0.3) is 10.2 Å². The lowest BCUT2D eigenvalue weighted by atomic mass is 9.89. The Hall–Kier alpha value is -3.59. The van der Waals surface area contributed by atoms with E-state index in [1.165, 1.54) is 29.7 Å². The van der Waals surface area contributed by atoms with E-state index in [4.69, 9.17) is 0 Å². The molecule has 2 aromatic heterocycles. The van der Waals surface area contributed by atoms with Crippen molar-refractivity contribution in [2.75, 3.05) is 18.4 Å². The molecule has 3 heterocycles. The van der Waals surface area contributed by atoms with Crippen molar-refractivity contribution in [3.63, 3.8) is 0 Å². The molecule has 0 saturated carbocycles.